The summed E-state index contributed by atoms with van der Waals surface area (Å²) < 4.78 is 58.0. The third kappa shape index (κ3) is 3.95. The summed E-state index contributed by atoms with van der Waals surface area (Å²) in [5, 5.41) is 2.89. The molecule has 4 rings (SSSR count). The van der Waals surface area contributed by atoms with E-state index >= 15 is 0 Å². The van der Waals surface area contributed by atoms with Crippen LogP contribution < -0.4 is 15.8 Å². The van der Waals surface area contributed by atoms with Crippen molar-refractivity contribution in [1.29, 1.82) is 0 Å². The van der Waals surface area contributed by atoms with Gasteiger partial charge in [-0.25, -0.2) is 8.42 Å². The molecule has 0 unspecified atom stereocenters. The summed E-state index contributed by atoms with van der Waals surface area (Å²) in [6, 6.07) is 11.5. The van der Waals surface area contributed by atoms with Crippen LogP contribution in [-0.2, 0) is 21.0 Å². The first-order valence-corrected chi connectivity index (χ1v) is 12.0. The van der Waals surface area contributed by atoms with E-state index in [0.717, 1.165) is 6.07 Å². The lowest BCUT2D eigenvalue weighted by atomic mass is 9.82. The zero-order chi connectivity index (χ0) is 24.1. The number of ketones is 2. The number of benzene rings is 3. The maximum Gasteiger partial charge on any atom is 0.296 e. The SMILES string of the molecule is Cc1ccc(N[SH](=O)=O)cc1Nc1cc(S(=O)(=O)O)c(N)c2c1C(=O)c1ccccc1C2=O. The van der Waals surface area contributed by atoms with E-state index in [1.54, 1.807) is 25.1 Å². The number of carbonyl (C=O) groups excluding carboxylic acids is 2. The van der Waals surface area contributed by atoms with Gasteiger partial charge < -0.3 is 11.1 Å². The van der Waals surface area contributed by atoms with Gasteiger partial charge in [0.05, 0.1) is 28.2 Å². The number of nitrogens with two attached hydrogens (primary N) is 1. The second-order valence-corrected chi connectivity index (χ2v) is 9.42. The van der Waals surface area contributed by atoms with Crippen molar-refractivity contribution in [3.63, 3.8) is 0 Å². The number of rotatable bonds is 5. The number of nitrogens with one attached hydrogen (secondary N) is 2. The van der Waals surface area contributed by atoms with Crippen molar-refractivity contribution in [3.8, 4) is 0 Å². The van der Waals surface area contributed by atoms with Gasteiger partial charge in [-0.15, -0.1) is 0 Å². The fourth-order valence-electron chi connectivity index (χ4n) is 3.68. The lowest BCUT2D eigenvalue weighted by molar-refractivity contribution is 0.0980. The van der Waals surface area contributed by atoms with E-state index < -0.39 is 43.2 Å². The van der Waals surface area contributed by atoms with Crippen LogP contribution in [0.25, 0.3) is 0 Å². The minimum absolute atomic E-state index is 0.0572. The van der Waals surface area contributed by atoms with E-state index in [2.05, 4.69) is 10.0 Å². The highest BCUT2D eigenvalue weighted by atomic mass is 32.2. The van der Waals surface area contributed by atoms with Gasteiger partial charge in [-0.3, -0.25) is 18.9 Å². The van der Waals surface area contributed by atoms with Crippen molar-refractivity contribution in [2.45, 2.75) is 11.8 Å². The molecule has 1 aliphatic carbocycles. The standard InChI is InChI=1S/C21H17N3O7S2/c1-10-6-7-11(24-32(27)28)8-14(10)23-15-9-16(33(29,30)31)19(22)18-17(15)20(25)12-4-2-3-5-13(12)21(18)26/h2-9,23,32H,22H2,1H3,(H,24,27,28)(H,29,30,31). The second kappa shape index (κ2) is 7.99. The smallest absolute Gasteiger partial charge is 0.296 e. The number of fused-ring (bicyclic) bond motifs is 2. The van der Waals surface area contributed by atoms with Crippen LogP contribution in [0.4, 0.5) is 22.7 Å². The summed E-state index contributed by atoms with van der Waals surface area (Å²) in [6.07, 6.45) is 0. The third-order valence-electron chi connectivity index (χ3n) is 5.21. The van der Waals surface area contributed by atoms with Gasteiger partial charge in [-0.05, 0) is 30.7 Å². The van der Waals surface area contributed by atoms with Crippen molar-refractivity contribution in [2.24, 2.45) is 0 Å². The summed E-state index contributed by atoms with van der Waals surface area (Å²) in [5.41, 5.74) is 6.16. The highest BCUT2D eigenvalue weighted by Gasteiger charge is 2.36. The Balaban J connectivity index is 1.99. The highest BCUT2D eigenvalue weighted by Crippen LogP contribution is 2.40. The Bertz CT molecular complexity index is 1540. The van der Waals surface area contributed by atoms with E-state index in [4.69, 9.17) is 5.73 Å². The Labute approximate surface area is 190 Å². The van der Waals surface area contributed by atoms with Crippen LogP contribution >= 0.6 is 0 Å². The number of nitrogen functional groups attached to an aromatic ring is 1. The van der Waals surface area contributed by atoms with Gasteiger partial charge in [-0.1, -0.05) is 30.3 Å². The van der Waals surface area contributed by atoms with Gasteiger partial charge >= 0.3 is 0 Å². The molecule has 0 aromatic heterocycles. The normalized spacial score (nSPS) is 12.9. The monoisotopic (exact) mass is 487 g/mol. The zero-order valence-electron chi connectivity index (χ0n) is 16.9. The molecule has 0 aliphatic heterocycles. The van der Waals surface area contributed by atoms with Crippen LogP contribution in [0.3, 0.4) is 0 Å². The first-order chi connectivity index (χ1) is 15.5. The van der Waals surface area contributed by atoms with Crippen LogP contribution in [0.2, 0.25) is 0 Å². The molecule has 0 saturated heterocycles. The van der Waals surface area contributed by atoms with Crippen LogP contribution in [0.1, 0.15) is 37.4 Å². The van der Waals surface area contributed by atoms with E-state index in [-0.39, 0.29) is 33.6 Å². The molecule has 1 aliphatic rings. The average Bonchev–Trinajstić information content (AvgIpc) is 2.74. The Kier molecular flexibility index (Phi) is 5.44. The van der Waals surface area contributed by atoms with Crippen LogP contribution in [0.5, 0.6) is 0 Å². The molecule has 3 aromatic carbocycles. The van der Waals surface area contributed by atoms with E-state index in [1.165, 1.54) is 24.3 Å². The van der Waals surface area contributed by atoms with Crippen molar-refractivity contribution in [1.82, 2.24) is 0 Å². The molecule has 10 nitrogen and oxygen atoms in total. The number of carbonyl (C=O) groups is 2. The fraction of sp³-hybridized carbons (Fsp3) is 0.0476. The Hall–Kier alpha value is -3.74. The summed E-state index contributed by atoms with van der Waals surface area (Å²) in [4.78, 5) is 25.8. The number of thiol groups is 1. The molecule has 0 atom stereocenters. The molecular weight excluding hydrogens is 470 g/mol. The summed E-state index contributed by atoms with van der Waals surface area (Å²) >= 11 is 0. The third-order valence-corrected chi connectivity index (χ3v) is 6.54. The molecule has 3 aromatic rings. The molecule has 0 spiro atoms. The van der Waals surface area contributed by atoms with Crippen molar-refractivity contribution < 1.29 is 31.0 Å². The molecule has 0 heterocycles. The van der Waals surface area contributed by atoms with Crippen molar-refractivity contribution >= 4 is 55.3 Å². The summed E-state index contributed by atoms with van der Waals surface area (Å²) in [6.45, 7) is 1.69. The topological polar surface area (TPSA) is 173 Å². The van der Waals surface area contributed by atoms with Crippen molar-refractivity contribution in [2.75, 3.05) is 15.8 Å². The summed E-state index contributed by atoms with van der Waals surface area (Å²) in [7, 11) is -7.79. The first kappa shape index (κ1) is 22.5. The molecule has 12 heteroatoms. The van der Waals surface area contributed by atoms with Crippen LogP contribution in [0.15, 0.2) is 53.4 Å². The molecule has 0 fully saturated rings. The van der Waals surface area contributed by atoms with E-state index in [0.29, 0.717) is 11.3 Å². The maximum absolute atomic E-state index is 13.3. The number of aryl methyl sites for hydroxylation is 1. The van der Waals surface area contributed by atoms with Gasteiger partial charge in [-0.2, -0.15) is 8.42 Å². The predicted molar refractivity (Wildman–Crippen MR) is 122 cm³/mol. The molecular formula is C21H17N3O7S2. The van der Waals surface area contributed by atoms with Crippen LogP contribution in [-0.4, -0.2) is 33.0 Å². The number of hydrogen-bond donors (Lipinski definition) is 5. The van der Waals surface area contributed by atoms with Gasteiger partial charge in [0.2, 0.25) is 10.9 Å². The average molecular weight is 488 g/mol. The molecule has 0 bridgehead atoms. The van der Waals surface area contributed by atoms with Crippen LogP contribution in [0, 0.1) is 6.92 Å². The number of hydrogen-bond acceptors (Lipinski definition) is 8. The van der Waals surface area contributed by atoms with Gasteiger partial charge in [0.25, 0.3) is 10.1 Å². The molecule has 0 saturated carbocycles. The Morgan fingerprint density at radius 2 is 1.52 bits per heavy atom. The van der Waals surface area contributed by atoms with E-state index in [9.17, 15) is 31.0 Å². The number of anilines is 4. The fourth-order valence-corrected chi connectivity index (χ4v) is 4.68. The molecule has 33 heavy (non-hydrogen) atoms. The minimum Gasteiger partial charge on any atom is -0.397 e. The predicted octanol–water partition coefficient (Wildman–Crippen LogP) is 2.28. The lowest BCUT2D eigenvalue weighted by Crippen LogP contribution is -2.25. The zero-order valence-corrected chi connectivity index (χ0v) is 18.7. The maximum atomic E-state index is 13.3. The van der Waals surface area contributed by atoms with Gasteiger partial charge in [0, 0.05) is 16.8 Å². The second-order valence-electron chi connectivity index (χ2n) is 7.29. The van der Waals surface area contributed by atoms with E-state index in [1.807, 2.05) is 0 Å². The van der Waals surface area contributed by atoms with Gasteiger partial charge in [0.15, 0.2) is 11.6 Å². The Morgan fingerprint density at radius 1 is 0.909 bits per heavy atom. The minimum atomic E-state index is -4.86. The largest absolute Gasteiger partial charge is 0.397 e. The molecule has 170 valence electrons. The lowest BCUT2D eigenvalue weighted by Gasteiger charge is -2.24. The summed E-state index contributed by atoms with van der Waals surface area (Å²) in [5.74, 6) is -1.23. The first-order valence-electron chi connectivity index (χ1n) is 9.40. The van der Waals surface area contributed by atoms with Gasteiger partial charge in [0.1, 0.15) is 4.90 Å². The highest BCUT2D eigenvalue weighted by molar-refractivity contribution is 7.86. The molecule has 0 amide bonds. The van der Waals surface area contributed by atoms with Crippen molar-refractivity contribution in [3.05, 3.63) is 76.3 Å². The molecule has 5 N–H and O–H groups in total. The Morgan fingerprint density at radius 3 is 2.09 bits per heavy atom. The molecule has 0 radical (unpaired) electrons. The quantitative estimate of drug-likeness (QED) is 0.161.